The molecule has 0 saturated heterocycles. The molecule has 0 amide bonds. The van der Waals surface area contributed by atoms with Crippen LogP contribution in [0.1, 0.15) is 35.7 Å². The van der Waals surface area contributed by atoms with Crippen LogP contribution in [0.4, 0.5) is 5.69 Å². The van der Waals surface area contributed by atoms with E-state index < -0.39 is 0 Å². The van der Waals surface area contributed by atoms with Gasteiger partial charge in [0.15, 0.2) is 0 Å². The molecule has 2 aromatic rings. The van der Waals surface area contributed by atoms with Crippen molar-refractivity contribution in [2.75, 3.05) is 12.8 Å². The van der Waals surface area contributed by atoms with Gasteiger partial charge in [-0.15, -0.1) is 0 Å². The number of ether oxygens (including phenoxy) is 1. The first-order valence-electron chi connectivity index (χ1n) is 6.71. The van der Waals surface area contributed by atoms with Crippen molar-refractivity contribution in [3.63, 3.8) is 0 Å². The fraction of sp³-hybridized carbons (Fsp3) is 0.333. The Bertz CT molecular complexity index is 644. The highest BCUT2D eigenvalue weighted by molar-refractivity contribution is 5.98. The molecule has 1 fully saturated rings. The van der Waals surface area contributed by atoms with E-state index in [1.807, 2.05) is 16.9 Å². The maximum atomic E-state index is 11.9. The Balaban J connectivity index is 2.00. The number of anilines is 1. The molecule has 0 atom stereocenters. The zero-order valence-electron chi connectivity index (χ0n) is 11.4. The van der Waals surface area contributed by atoms with Crippen LogP contribution < -0.4 is 5.73 Å². The van der Waals surface area contributed by atoms with E-state index in [0.29, 0.717) is 17.3 Å². The van der Waals surface area contributed by atoms with Crippen molar-refractivity contribution in [2.45, 2.75) is 25.3 Å². The lowest BCUT2D eigenvalue weighted by atomic mass is 9.93. The molecule has 0 radical (unpaired) electrons. The van der Waals surface area contributed by atoms with E-state index in [4.69, 9.17) is 10.5 Å². The number of hydrogen-bond donors (Lipinski definition) is 1. The third kappa shape index (κ3) is 2.15. The van der Waals surface area contributed by atoms with Gasteiger partial charge in [0.1, 0.15) is 0 Å². The van der Waals surface area contributed by atoms with Crippen LogP contribution in [0, 0.1) is 0 Å². The minimum atomic E-state index is -0.385. The van der Waals surface area contributed by atoms with E-state index in [2.05, 4.69) is 5.10 Å². The van der Waals surface area contributed by atoms with Gasteiger partial charge in [-0.25, -0.2) is 4.79 Å². The number of aromatic nitrogens is 2. The van der Waals surface area contributed by atoms with E-state index in [0.717, 1.165) is 11.1 Å². The van der Waals surface area contributed by atoms with Crippen molar-refractivity contribution in [1.82, 2.24) is 9.78 Å². The summed E-state index contributed by atoms with van der Waals surface area (Å²) in [5.41, 5.74) is 8.49. The smallest absolute Gasteiger partial charge is 0.338 e. The number of nitrogens with zero attached hydrogens (tertiary/aromatic N) is 2. The first-order valence-corrected chi connectivity index (χ1v) is 6.71. The van der Waals surface area contributed by atoms with Gasteiger partial charge in [0.25, 0.3) is 0 Å². The van der Waals surface area contributed by atoms with Gasteiger partial charge in [0.2, 0.25) is 0 Å². The highest BCUT2D eigenvalue weighted by Crippen LogP contribution is 2.33. The summed E-state index contributed by atoms with van der Waals surface area (Å²) in [5, 5.41) is 4.40. The highest BCUT2D eigenvalue weighted by Gasteiger charge is 2.21. The van der Waals surface area contributed by atoms with Gasteiger partial charge < -0.3 is 10.5 Å². The number of carbonyl (C=O) groups excluding carboxylic acids is 1. The molecule has 1 aromatic carbocycles. The number of carbonyl (C=O) groups is 1. The molecule has 104 valence electrons. The van der Waals surface area contributed by atoms with Crippen LogP contribution in [0.15, 0.2) is 30.6 Å². The molecule has 0 aliphatic heterocycles. The molecular weight excluding hydrogens is 254 g/mol. The van der Waals surface area contributed by atoms with Crippen molar-refractivity contribution in [2.24, 2.45) is 0 Å². The lowest BCUT2D eigenvalue weighted by molar-refractivity contribution is 0.0601. The summed E-state index contributed by atoms with van der Waals surface area (Å²) in [6, 6.07) is 5.76. The van der Waals surface area contributed by atoms with Crippen LogP contribution in [0.5, 0.6) is 0 Å². The molecule has 0 spiro atoms. The molecule has 5 nitrogen and oxygen atoms in total. The van der Waals surface area contributed by atoms with E-state index in [1.54, 1.807) is 18.3 Å². The van der Waals surface area contributed by atoms with Gasteiger partial charge in [-0.2, -0.15) is 5.10 Å². The Hall–Kier alpha value is -2.30. The van der Waals surface area contributed by atoms with E-state index in [-0.39, 0.29) is 5.97 Å². The van der Waals surface area contributed by atoms with Crippen molar-refractivity contribution in [1.29, 1.82) is 0 Å². The summed E-state index contributed by atoms with van der Waals surface area (Å²) in [4.78, 5) is 11.9. The molecule has 1 heterocycles. The van der Waals surface area contributed by atoms with Crippen LogP contribution >= 0.6 is 0 Å². The normalized spacial score (nSPS) is 14.8. The van der Waals surface area contributed by atoms with Gasteiger partial charge in [-0.05, 0) is 37.0 Å². The first-order chi connectivity index (χ1) is 9.69. The summed E-state index contributed by atoms with van der Waals surface area (Å²) < 4.78 is 6.80. The molecule has 1 aliphatic carbocycles. The van der Waals surface area contributed by atoms with Crippen LogP contribution in [0.3, 0.4) is 0 Å². The highest BCUT2D eigenvalue weighted by atomic mass is 16.5. The van der Waals surface area contributed by atoms with Gasteiger partial charge in [0.05, 0.1) is 24.9 Å². The number of benzene rings is 1. The third-order valence-electron chi connectivity index (χ3n) is 3.81. The third-order valence-corrected chi connectivity index (χ3v) is 3.81. The molecular formula is C15H17N3O2. The second-order valence-corrected chi connectivity index (χ2v) is 5.09. The van der Waals surface area contributed by atoms with Crippen LogP contribution in [0.25, 0.3) is 11.1 Å². The lowest BCUT2D eigenvalue weighted by Gasteiger charge is -2.25. The Labute approximate surface area is 117 Å². The number of esters is 1. The number of rotatable bonds is 3. The Morgan fingerprint density at radius 2 is 2.25 bits per heavy atom. The van der Waals surface area contributed by atoms with Gasteiger partial charge in [0, 0.05) is 17.4 Å². The number of nitrogen functional groups attached to an aromatic ring is 1. The lowest BCUT2D eigenvalue weighted by Crippen LogP contribution is -2.16. The van der Waals surface area contributed by atoms with E-state index in [1.165, 1.54) is 26.4 Å². The second kappa shape index (κ2) is 5.00. The molecule has 20 heavy (non-hydrogen) atoms. The van der Waals surface area contributed by atoms with Crippen molar-refractivity contribution >= 4 is 11.7 Å². The molecule has 2 N–H and O–H groups in total. The van der Waals surface area contributed by atoms with Crippen LogP contribution in [-0.4, -0.2) is 22.9 Å². The first kappa shape index (κ1) is 12.7. The van der Waals surface area contributed by atoms with Gasteiger partial charge in [-0.3, -0.25) is 4.68 Å². The second-order valence-electron chi connectivity index (χ2n) is 5.09. The summed E-state index contributed by atoms with van der Waals surface area (Å²) in [7, 11) is 1.37. The quantitative estimate of drug-likeness (QED) is 0.688. The molecule has 3 rings (SSSR count). The predicted octanol–water partition coefficient (Wildman–Crippen LogP) is 2.64. The molecule has 5 heteroatoms. The predicted molar refractivity (Wildman–Crippen MR) is 76.3 cm³/mol. The molecule has 0 bridgehead atoms. The van der Waals surface area contributed by atoms with E-state index in [9.17, 15) is 4.79 Å². The maximum absolute atomic E-state index is 11.9. The van der Waals surface area contributed by atoms with Gasteiger partial charge >= 0.3 is 5.97 Å². The van der Waals surface area contributed by atoms with Gasteiger partial charge in [-0.1, -0.05) is 6.07 Å². The molecule has 0 unspecified atom stereocenters. The topological polar surface area (TPSA) is 70.1 Å². The molecule has 1 aliphatic rings. The number of nitrogens with two attached hydrogens (primary N) is 1. The zero-order chi connectivity index (χ0) is 14.1. The SMILES string of the molecule is COC(=O)c1cc(N)ccc1-c1cnn(C2CCC2)c1. The standard InChI is InChI=1S/C15H17N3O2/c1-20-15(19)14-7-11(16)5-6-13(14)10-8-17-18(9-10)12-3-2-4-12/h5-9,12H,2-4,16H2,1H3. The van der Waals surface area contributed by atoms with E-state index >= 15 is 0 Å². The largest absolute Gasteiger partial charge is 0.465 e. The number of methoxy groups -OCH3 is 1. The fourth-order valence-corrected chi connectivity index (χ4v) is 2.42. The minimum Gasteiger partial charge on any atom is -0.465 e. The summed E-state index contributed by atoms with van der Waals surface area (Å²) in [5.74, 6) is -0.385. The van der Waals surface area contributed by atoms with Crippen molar-refractivity contribution < 1.29 is 9.53 Å². The monoisotopic (exact) mass is 271 g/mol. The van der Waals surface area contributed by atoms with Crippen LogP contribution in [0.2, 0.25) is 0 Å². The van der Waals surface area contributed by atoms with Crippen molar-refractivity contribution in [3.8, 4) is 11.1 Å². The van der Waals surface area contributed by atoms with Crippen LogP contribution in [-0.2, 0) is 4.74 Å². The molecule has 1 saturated carbocycles. The fourth-order valence-electron chi connectivity index (χ4n) is 2.42. The Morgan fingerprint density at radius 3 is 2.90 bits per heavy atom. The summed E-state index contributed by atoms with van der Waals surface area (Å²) in [6.45, 7) is 0. The minimum absolute atomic E-state index is 0.385. The summed E-state index contributed by atoms with van der Waals surface area (Å²) >= 11 is 0. The Morgan fingerprint density at radius 1 is 1.45 bits per heavy atom. The maximum Gasteiger partial charge on any atom is 0.338 e. The summed E-state index contributed by atoms with van der Waals surface area (Å²) in [6.07, 6.45) is 7.38. The molecule has 1 aromatic heterocycles. The Kier molecular flexibility index (Phi) is 3.18. The average molecular weight is 271 g/mol. The average Bonchev–Trinajstić information content (AvgIpc) is 2.84. The van der Waals surface area contributed by atoms with Crippen molar-refractivity contribution in [3.05, 3.63) is 36.2 Å². The zero-order valence-corrected chi connectivity index (χ0v) is 11.4. The number of hydrogen-bond acceptors (Lipinski definition) is 4.